The zero-order valence-electron chi connectivity index (χ0n) is 30.4. The highest BCUT2D eigenvalue weighted by atomic mass is 16.4. The number of carboxylic acids is 1. The van der Waals surface area contributed by atoms with E-state index in [4.69, 9.17) is 10.8 Å². The van der Waals surface area contributed by atoms with Crippen LogP contribution in [-0.2, 0) is 28.8 Å². The Hall–Kier alpha value is -3.22. The molecule has 8 N–H and O–H groups in total. The van der Waals surface area contributed by atoms with E-state index in [-0.39, 0.29) is 98.0 Å². The molecule has 0 aliphatic heterocycles. The van der Waals surface area contributed by atoms with Crippen LogP contribution in [0.3, 0.4) is 0 Å². The van der Waals surface area contributed by atoms with Gasteiger partial charge in [-0.1, -0.05) is 62.3 Å². The average Bonchev–Trinajstić information content (AvgIpc) is 2.92. The predicted molar refractivity (Wildman–Crippen MR) is 183 cm³/mol. The zero-order valence-corrected chi connectivity index (χ0v) is 30.4. The fourth-order valence-electron chi connectivity index (χ4n) is 5.22. The largest absolute Gasteiger partial charge is 0.481 e. The van der Waals surface area contributed by atoms with Gasteiger partial charge in [-0.05, 0) is 43.4 Å². The molecule has 13 heteroatoms. The number of hydrogen-bond donors (Lipinski definition) is 7. The minimum Gasteiger partial charge on any atom is -0.481 e. The molecule has 6 atom stereocenters. The molecule has 0 aromatic rings. The maximum Gasteiger partial charge on any atom is 0.305 e. The van der Waals surface area contributed by atoms with E-state index in [0.29, 0.717) is 12.8 Å². The van der Waals surface area contributed by atoms with Crippen LogP contribution in [0, 0.1) is 41.4 Å². The van der Waals surface area contributed by atoms with Crippen molar-refractivity contribution in [1.29, 1.82) is 0 Å². The van der Waals surface area contributed by atoms with E-state index in [1.54, 1.807) is 13.8 Å². The molecule has 0 radical (unpaired) electrons. The molecular weight excluding hydrogens is 604 g/mol. The van der Waals surface area contributed by atoms with Crippen molar-refractivity contribution >= 4 is 35.5 Å². The first-order valence-electron chi connectivity index (χ1n) is 17.1. The number of amides is 5. The Labute approximate surface area is 282 Å². The van der Waals surface area contributed by atoms with Gasteiger partial charge in [-0.3, -0.25) is 28.8 Å². The zero-order chi connectivity index (χ0) is 36.4. The van der Waals surface area contributed by atoms with Crippen LogP contribution in [0.2, 0.25) is 0 Å². The van der Waals surface area contributed by atoms with Crippen LogP contribution >= 0.6 is 0 Å². The lowest BCUT2D eigenvalue weighted by atomic mass is 9.94. The highest BCUT2D eigenvalue weighted by molar-refractivity contribution is 5.84. The lowest BCUT2D eigenvalue weighted by molar-refractivity contribution is -0.138. The highest BCUT2D eigenvalue weighted by Gasteiger charge is 2.28. The summed E-state index contributed by atoms with van der Waals surface area (Å²) in [5, 5.41) is 23.4. The van der Waals surface area contributed by atoms with Crippen molar-refractivity contribution in [2.24, 2.45) is 47.2 Å². The van der Waals surface area contributed by atoms with E-state index in [0.717, 1.165) is 0 Å². The van der Waals surface area contributed by atoms with Gasteiger partial charge in [-0.25, -0.2) is 0 Å². The molecule has 0 aliphatic rings. The van der Waals surface area contributed by atoms with Crippen molar-refractivity contribution in [3.05, 3.63) is 0 Å². The first kappa shape index (κ1) is 43.8. The third-order valence-corrected chi connectivity index (χ3v) is 8.06. The number of nitrogens with two attached hydrogens (primary N) is 1. The molecule has 0 aromatic heterocycles. The van der Waals surface area contributed by atoms with Gasteiger partial charge in [0.15, 0.2) is 0 Å². The third kappa shape index (κ3) is 19.3. The first-order chi connectivity index (χ1) is 21.8. The van der Waals surface area contributed by atoms with Gasteiger partial charge in [0.2, 0.25) is 29.5 Å². The number of carbonyl (C=O) groups is 6. The van der Waals surface area contributed by atoms with Crippen LogP contribution in [0.5, 0.6) is 0 Å². The second-order valence-electron chi connectivity index (χ2n) is 14.5. The van der Waals surface area contributed by atoms with E-state index in [9.17, 15) is 28.8 Å². The van der Waals surface area contributed by atoms with Crippen molar-refractivity contribution in [2.45, 2.75) is 119 Å². The van der Waals surface area contributed by atoms with Crippen molar-refractivity contribution in [1.82, 2.24) is 26.6 Å². The first-order valence-corrected chi connectivity index (χ1v) is 17.1. The van der Waals surface area contributed by atoms with Crippen LogP contribution < -0.4 is 32.3 Å². The maximum absolute atomic E-state index is 13.4. The van der Waals surface area contributed by atoms with Gasteiger partial charge >= 0.3 is 5.97 Å². The number of carboxylic acid groups (broad SMARTS) is 1. The summed E-state index contributed by atoms with van der Waals surface area (Å²) in [5.41, 5.74) is 5.73. The summed E-state index contributed by atoms with van der Waals surface area (Å²) in [4.78, 5) is 75.3. The summed E-state index contributed by atoms with van der Waals surface area (Å²) in [6.45, 7) is 19.3. The molecule has 0 unspecified atom stereocenters. The van der Waals surface area contributed by atoms with Crippen LogP contribution in [0.1, 0.15) is 101 Å². The minimum atomic E-state index is -0.991. The molecule has 0 spiro atoms. The molecule has 13 nitrogen and oxygen atoms in total. The Kier molecular flexibility index (Phi) is 20.8. The summed E-state index contributed by atoms with van der Waals surface area (Å²) in [6, 6.07) is -1.38. The molecule has 0 bridgehead atoms. The molecule has 0 heterocycles. The third-order valence-electron chi connectivity index (χ3n) is 8.06. The molecule has 0 aliphatic carbocycles. The lowest BCUT2D eigenvalue weighted by Gasteiger charge is -2.26. The Morgan fingerprint density at radius 3 is 1.66 bits per heavy atom. The summed E-state index contributed by atoms with van der Waals surface area (Å²) >= 11 is 0. The number of nitrogens with one attached hydrogen (secondary N) is 5. The van der Waals surface area contributed by atoms with Crippen molar-refractivity contribution in [2.75, 3.05) is 19.6 Å². The molecular formula is C34H64N6O7. The van der Waals surface area contributed by atoms with Gasteiger partial charge in [0.05, 0.1) is 24.2 Å². The number of aliphatic carboxylic acids is 1. The van der Waals surface area contributed by atoms with Gasteiger partial charge in [-0.2, -0.15) is 0 Å². The maximum atomic E-state index is 13.4. The van der Waals surface area contributed by atoms with Crippen molar-refractivity contribution in [3.63, 3.8) is 0 Å². The van der Waals surface area contributed by atoms with Crippen LogP contribution in [0.15, 0.2) is 0 Å². The highest BCUT2D eigenvalue weighted by Crippen LogP contribution is 2.15. The van der Waals surface area contributed by atoms with Gasteiger partial charge in [0.1, 0.15) is 0 Å². The summed E-state index contributed by atoms with van der Waals surface area (Å²) in [7, 11) is 0. The number of carbonyl (C=O) groups excluding carboxylic acids is 5. The quantitative estimate of drug-likeness (QED) is 0.0856. The Morgan fingerprint density at radius 1 is 0.617 bits per heavy atom. The van der Waals surface area contributed by atoms with E-state index in [1.807, 2.05) is 55.4 Å². The summed E-state index contributed by atoms with van der Waals surface area (Å²) < 4.78 is 0. The second kappa shape index (κ2) is 22.4. The lowest BCUT2D eigenvalue weighted by Crippen LogP contribution is -2.48. The van der Waals surface area contributed by atoms with Crippen LogP contribution in [0.25, 0.3) is 0 Å². The number of rotatable bonds is 23. The monoisotopic (exact) mass is 668 g/mol. The topological polar surface area (TPSA) is 209 Å². The van der Waals surface area contributed by atoms with E-state index in [2.05, 4.69) is 26.6 Å². The van der Waals surface area contributed by atoms with Gasteiger partial charge in [0.25, 0.3) is 0 Å². The van der Waals surface area contributed by atoms with E-state index < -0.39 is 35.9 Å². The molecule has 0 aromatic carbocycles. The summed E-state index contributed by atoms with van der Waals surface area (Å²) in [5.74, 6) is -3.45. The molecule has 5 amide bonds. The molecule has 0 saturated carbocycles. The molecule has 0 saturated heterocycles. The Balaban J connectivity index is 5.13. The Bertz CT molecular complexity index is 1020. The van der Waals surface area contributed by atoms with Gasteiger partial charge in [-0.15, -0.1) is 0 Å². The molecule has 272 valence electrons. The van der Waals surface area contributed by atoms with E-state index in [1.165, 1.54) is 0 Å². The van der Waals surface area contributed by atoms with Crippen molar-refractivity contribution in [3.8, 4) is 0 Å². The normalized spacial score (nSPS) is 15.4. The van der Waals surface area contributed by atoms with Crippen LogP contribution in [0.4, 0.5) is 0 Å². The van der Waals surface area contributed by atoms with Gasteiger partial charge in [0, 0.05) is 50.6 Å². The fraction of sp³-hybridized carbons (Fsp3) is 0.824. The molecule has 0 rings (SSSR count). The fourth-order valence-corrected chi connectivity index (χ4v) is 5.22. The Morgan fingerprint density at radius 2 is 1.17 bits per heavy atom. The van der Waals surface area contributed by atoms with Crippen molar-refractivity contribution < 1.29 is 33.9 Å². The smallest absolute Gasteiger partial charge is 0.305 e. The SMILES string of the molecule is CC(C)C[C@@H](CC(=O)O)NC(=O)[C@@H](C)CNC(=O)C[C@@H](NC(=O)[C@H](CNC(=O)C[C@H](C)NC(=O)[C@H](CN)C(C)C)CC(C)C)C(C)C. The van der Waals surface area contributed by atoms with Gasteiger partial charge < -0.3 is 37.4 Å². The molecule has 0 fully saturated rings. The predicted octanol–water partition coefficient (Wildman–Crippen LogP) is 2.18. The molecule has 47 heavy (non-hydrogen) atoms. The standard InChI is InChI=1S/C34H64N6O7/c1-19(2)11-25(18-37-29(41)13-24(10)38-34(47)27(16-35)21(5)6)33(46)40-28(22(7)8)15-30(42)36-17-23(9)32(45)39-26(12-20(3)4)14-31(43)44/h19-28H,11-18,35H2,1-10H3,(H,36,42)(H,37,41)(H,38,47)(H,39,45)(H,40,46)(H,43,44)/t23-,24-,25-,26-,27+,28+/m0/s1. The second-order valence-corrected chi connectivity index (χ2v) is 14.5. The van der Waals surface area contributed by atoms with E-state index >= 15 is 0 Å². The van der Waals surface area contributed by atoms with Crippen LogP contribution in [-0.4, -0.2) is 78.4 Å². The average molecular weight is 669 g/mol. The minimum absolute atomic E-state index is 0.00484. The number of hydrogen-bond acceptors (Lipinski definition) is 7. The summed E-state index contributed by atoms with van der Waals surface area (Å²) in [6.07, 6.45) is 0.935.